The molecule has 0 saturated heterocycles. The molecule has 1 aliphatic carbocycles. The fourth-order valence-corrected chi connectivity index (χ4v) is 2.73. The van der Waals surface area contributed by atoms with Crippen molar-refractivity contribution in [1.29, 1.82) is 0 Å². The quantitative estimate of drug-likeness (QED) is 0.943. The van der Waals surface area contributed by atoms with Gasteiger partial charge in [0.15, 0.2) is 5.69 Å². The lowest BCUT2D eigenvalue weighted by Gasteiger charge is -2.06. The molecule has 0 atom stereocenters. The van der Waals surface area contributed by atoms with Crippen LogP contribution < -0.4 is 5.32 Å². The summed E-state index contributed by atoms with van der Waals surface area (Å²) in [6.45, 7) is 0.192. The first-order chi connectivity index (χ1) is 9.54. The Morgan fingerprint density at radius 1 is 1.30 bits per heavy atom. The van der Waals surface area contributed by atoms with E-state index in [1.807, 2.05) is 0 Å². The SMILES string of the molecule is FC(F)(F)c1nc(-c2cnccn2)sc1CNC1CC1. The molecule has 0 radical (unpaired) electrons. The van der Waals surface area contributed by atoms with Crippen molar-refractivity contribution in [3.8, 4) is 10.7 Å². The van der Waals surface area contributed by atoms with Gasteiger partial charge in [0.25, 0.3) is 0 Å². The average molecular weight is 300 g/mol. The zero-order valence-electron chi connectivity index (χ0n) is 10.3. The third-order valence-electron chi connectivity index (χ3n) is 2.88. The van der Waals surface area contributed by atoms with Gasteiger partial charge in [0.05, 0.1) is 11.1 Å². The highest BCUT2D eigenvalue weighted by atomic mass is 32.1. The van der Waals surface area contributed by atoms with Gasteiger partial charge >= 0.3 is 6.18 Å². The predicted molar refractivity (Wildman–Crippen MR) is 68.0 cm³/mol. The standard InChI is InChI=1S/C12H11F3N4S/c13-12(14,15)10-9(6-18-7-1-2-7)20-11(19-10)8-5-16-3-4-17-8/h3-5,7,18H,1-2,6H2. The molecular weight excluding hydrogens is 289 g/mol. The Morgan fingerprint density at radius 2 is 2.10 bits per heavy atom. The molecule has 1 aliphatic rings. The zero-order chi connectivity index (χ0) is 14.2. The summed E-state index contributed by atoms with van der Waals surface area (Å²) in [6, 6.07) is 0.346. The van der Waals surface area contributed by atoms with Crippen LogP contribution in [0.4, 0.5) is 13.2 Å². The number of halogens is 3. The Morgan fingerprint density at radius 3 is 2.70 bits per heavy atom. The Kier molecular flexibility index (Phi) is 3.43. The van der Waals surface area contributed by atoms with E-state index in [9.17, 15) is 13.2 Å². The molecule has 1 saturated carbocycles. The highest BCUT2D eigenvalue weighted by Crippen LogP contribution is 2.37. The normalized spacial score (nSPS) is 15.6. The Bertz CT molecular complexity index is 592. The first-order valence-electron chi connectivity index (χ1n) is 6.10. The number of nitrogens with zero attached hydrogens (tertiary/aromatic N) is 3. The summed E-state index contributed by atoms with van der Waals surface area (Å²) in [5, 5.41) is 3.33. The number of thiazole rings is 1. The second-order valence-electron chi connectivity index (χ2n) is 4.53. The smallest absolute Gasteiger partial charge is 0.309 e. The van der Waals surface area contributed by atoms with Crippen molar-refractivity contribution >= 4 is 11.3 Å². The Labute approximate surface area is 117 Å². The van der Waals surface area contributed by atoms with Gasteiger partial charge in [-0.3, -0.25) is 9.97 Å². The number of hydrogen-bond donors (Lipinski definition) is 1. The van der Waals surface area contributed by atoms with Gasteiger partial charge in [-0.25, -0.2) is 4.98 Å². The van der Waals surface area contributed by atoms with Crippen LogP contribution in [-0.2, 0) is 12.7 Å². The van der Waals surface area contributed by atoms with E-state index in [0.29, 0.717) is 11.7 Å². The van der Waals surface area contributed by atoms with E-state index in [-0.39, 0.29) is 16.4 Å². The number of hydrogen-bond acceptors (Lipinski definition) is 5. The highest BCUT2D eigenvalue weighted by Gasteiger charge is 2.38. The molecule has 0 amide bonds. The maximum Gasteiger partial charge on any atom is 0.434 e. The summed E-state index contributed by atoms with van der Waals surface area (Å²) >= 11 is 1.01. The molecule has 2 aromatic heterocycles. The van der Waals surface area contributed by atoms with Gasteiger partial charge in [0.1, 0.15) is 10.7 Å². The van der Waals surface area contributed by atoms with E-state index in [1.54, 1.807) is 0 Å². The topological polar surface area (TPSA) is 50.7 Å². The van der Waals surface area contributed by atoms with Crippen LogP contribution in [0.15, 0.2) is 18.6 Å². The molecular formula is C12H11F3N4S. The summed E-state index contributed by atoms with van der Waals surface area (Å²) in [7, 11) is 0. The van der Waals surface area contributed by atoms with E-state index in [2.05, 4.69) is 20.3 Å². The summed E-state index contributed by atoms with van der Waals surface area (Å²) in [5.41, 5.74) is -0.461. The largest absolute Gasteiger partial charge is 0.434 e. The van der Waals surface area contributed by atoms with Gasteiger partial charge in [-0.1, -0.05) is 0 Å². The maximum atomic E-state index is 13.0. The summed E-state index contributed by atoms with van der Waals surface area (Å²) < 4.78 is 39.0. The fourth-order valence-electron chi connectivity index (χ4n) is 1.74. The minimum Gasteiger partial charge on any atom is -0.309 e. The van der Waals surface area contributed by atoms with Crippen LogP contribution in [0.3, 0.4) is 0 Å². The van der Waals surface area contributed by atoms with Gasteiger partial charge < -0.3 is 5.32 Å². The van der Waals surface area contributed by atoms with Crippen LogP contribution in [-0.4, -0.2) is 21.0 Å². The average Bonchev–Trinajstić information content (AvgIpc) is 3.14. The maximum absolute atomic E-state index is 13.0. The summed E-state index contributed by atoms with van der Waals surface area (Å²) in [4.78, 5) is 11.7. The molecule has 0 aromatic carbocycles. The molecule has 106 valence electrons. The van der Waals surface area contributed by atoms with Crippen molar-refractivity contribution in [1.82, 2.24) is 20.3 Å². The fraction of sp³-hybridized carbons (Fsp3) is 0.417. The molecule has 1 fully saturated rings. The first kappa shape index (κ1) is 13.4. The second kappa shape index (κ2) is 5.10. The van der Waals surface area contributed by atoms with Gasteiger partial charge in [0, 0.05) is 25.0 Å². The first-order valence-corrected chi connectivity index (χ1v) is 6.92. The van der Waals surface area contributed by atoms with E-state index in [4.69, 9.17) is 0 Å². The number of rotatable bonds is 4. The zero-order valence-corrected chi connectivity index (χ0v) is 11.1. The number of aromatic nitrogens is 3. The van der Waals surface area contributed by atoms with Gasteiger partial charge in [-0.05, 0) is 12.8 Å². The molecule has 3 rings (SSSR count). The lowest BCUT2D eigenvalue weighted by atomic mass is 10.3. The second-order valence-corrected chi connectivity index (χ2v) is 5.62. The van der Waals surface area contributed by atoms with Crippen LogP contribution >= 0.6 is 11.3 Å². The van der Waals surface area contributed by atoms with Crippen molar-refractivity contribution in [3.63, 3.8) is 0 Å². The number of nitrogens with one attached hydrogen (secondary N) is 1. The van der Waals surface area contributed by atoms with Gasteiger partial charge in [-0.2, -0.15) is 13.2 Å². The van der Waals surface area contributed by atoms with Crippen molar-refractivity contribution in [2.75, 3.05) is 0 Å². The predicted octanol–water partition coefficient (Wildman–Crippen LogP) is 2.87. The molecule has 4 nitrogen and oxygen atoms in total. The molecule has 0 unspecified atom stereocenters. The van der Waals surface area contributed by atoms with E-state index >= 15 is 0 Å². The van der Waals surface area contributed by atoms with Crippen molar-refractivity contribution in [2.45, 2.75) is 31.6 Å². The molecule has 0 spiro atoms. The van der Waals surface area contributed by atoms with Crippen LogP contribution in [0, 0.1) is 0 Å². The molecule has 8 heteroatoms. The van der Waals surface area contributed by atoms with E-state index < -0.39 is 11.9 Å². The van der Waals surface area contributed by atoms with Gasteiger partial charge in [-0.15, -0.1) is 11.3 Å². The molecule has 20 heavy (non-hydrogen) atoms. The minimum absolute atomic E-state index is 0.192. The van der Waals surface area contributed by atoms with Crippen LogP contribution in [0.5, 0.6) is 0 Å². The lowest BCUT2D eigenvalue weighted by Crippen LogP contribution is -2.18. The van der Waals surface area contributed by atoms with Gasteiger partial charge in [0.2, 0.25) is 0 Å². The van der Waals surface area contributed by atoms with E-state index in [0.717, 1.165) is 24.2 Å². The summed E-state index contributed by atoms with van der Waals surface area (Å²) in [5.74, 6) is 0. The molecule has 2 heterocycles. The number of alkyl halides is 3. The van der Waals surface area contributed by atoms with Crippen LogP contribution in [0.2, 0.25) is 0 Å². The molecule has 0 aliphatic heterocycles. The van der Waals surface area contributed by atoms with E-state index in [1.165, 1.54) is 18.6 Å². The van der Waals surface area contributed by atoms with Crippen molar-refractivity contribution < 1.29 is 13.2 Å². The summed E-state index contributed by atoms with van der Waals surface area (Å²) in [6.07, 6.45) is 1.92. The van der Waals surface area contributed by atoms with Crippen LogP contribution in [0.1, 0.15) is 23.4 Å². The molecule has 2 aromatic rings. The highest BCUT2D eigenvalue weighted by molar-refractivity contribution is 7.15. The van der Waals surface area contributed by atoms with Crippen LogP contribution in [0.25, 0.3) is 10.7 Å². The third-order valence-corrected chi connectivity index (χ3v) is 3.95. The monoisotopic (exact) mass is 300 g/mol. The Balaban J connectivity index is 1.92. The molecule has 1 N–H and O–H groups in total. The molecule has 0 bridgehead atoms. The lowest BCUT2D eigenvalue weighted by molar-refractivity contribution is -0.141. The minimum atomic E-state index is -4.45. The third kappa shape index (κ3) is 2.96. The van der Waals surface area contributed by atoms with Crippen molar-refractivity contribution in [3.05, 3.63) is 29.2 Å². The Hall–Kier alpha value is -1.54. The van der Waals surface area contributed by atoms with Crippen molar-refractivity contribution in [2.24, 2.45) is 0 Å².